The molecule has 4 rings (SSSR count). The van der Waals surface area contributed by atoms with E-state index in [1.165, 1.54) is 0 Å². The number of sulfonamides is 1. The first kappa shape index (κ1) is 19.7. The maximum absolute atomic E-state index is 12.9. The van der Waals surface area contributed by atoms with E-state index in [4.69, 9.17) is 4.52 Å². The van der Waals surface area contributed by atoms with E-state index in [0.717, 1.165) is 24.0 Å². The quantitative estimate of drug-likeness (QED) is 0.612. The van der Waals surface area contributed by atoms with Crippen LogP contribution in [-0.2, 0) is 22.2 Å². The summed E-state index contributed by atoms with van der Waals surface area (Å²) in [5, 5.41) is 3.96. The van der Waals surface area contributed by atoms with Gasteiger partial charge in [-0.25, -0.2) is 17.7 Å². The number of piperidine rings is 1. The first-order chi connectivity index (χ1) is 14.0. The molecule has 1 saturated heterocycles. The molecule has 1 aliphatic rings. The lowest BCUT2D eigenvalue weighted by atomic mass is 9.96. The number of hydrogen-bond acceptors (Lipinski definition) is 7. The maximum Gasteiger partial charge on any atom is 0.227 e. The Morgan fingerprint density at radius 2 is 2.17 bits per heavy atom. The van der Waals surface area contributed by atoms with Crippen molar-refractivity contribution in [2.75, 3.05) is 13.1 Å². The summed E-state index contributed by atoms with van der Waals surface area (Å²) in [6.45, 7) is 2.99. The molecule has 1 aliphatic heterocycles. The Bertz CT molecular complexity index is 1070. The summed E-state index contributed by atoms with van der Waals surface area (Å²) in [7, 11) is -3.37. The summed E-state index contributed by atoms with van der Waals surface area (Å²) < 4.78 is 32.8. The molecule has 1 unspecified atom stereocenters. The van der Waals surface area contributed by atoms with Gasteiger partial charge < -0.3 is 4.52 Å². The zero-order chi connectivity index (χ0) is 20.3. The van der Waals surface area contributed by atoms with Crippen molar-refractivity contribution in [3.05, 3.63) is 59.9 Å². The van der Waals surface area contributed by atoms with Crippen molar-refractivity contribution in [1.29, 1.82) is 0 Å². The monoisotopic (exact) mass is 413 g/mol. The first-order valence-electron chi connectivity index (χ1n) is 9.62. The van der Waals surface area contributed by atoms with E-state index in [1.54, 1.807) is 22.9 Å². The van der Waals surface area contributed by atoms with Gasteiger partial charge in [-0.3, -0.25) is 4.98 Å². The third kappa shape index (κ3) is 4.86. The van der Waals surface area contributed by atoms with E-state index in [9.17, 15) is 8.42 Å². The van der Waals surface area contributed by atoms with Crippen molar-refractivity contribution in [2.24, 2.45) is 5.92 Å². The number of nitrogens with zero attached hydrogens (tertiary/aromatic N) is 5. The maximum atomic E-state index is 12.9. The van der Waals surface area contributed by atoms with Crippen molar-refractivity contribution in [1.82, 2.24) is 24.4 Å². The topological polar surface area (TPSA) is 102 Å². The van der Waals surface area contributed by atoms with Gasteiger partial charge in [0, 0.05) is 31.9 Å². The summed E-state index contributed by atoms with van der Waals surface area (Å²) in [5.41, 5.74) is 2.43. The molecule has 0 N–H and O–H groups in total. The van der Waals surface area contributed by atoms with Gasteiger partial charge in [-0.15, -0.1) is 0 Å². The number of aromatic nitrogens is 4. The molecule has 0 spiro atoms. The summed E-state index contributed by atoms with van der Waals surface area (Å²) in [6.07, 6.45) is 7.03. The van der Waals surface area contributed by atoms with E-state index in [2.05, 4.69) is 20.1 Å². The minimum Gasteiger partial charge on any atom is -0.339 e. The van der Waals surface area contributed by atoms with Crippen LogP contribution >= 0.6 is 0 Å². The fraction of sp³-hybridized carbons (Fsp3) is 0.400. The number of hydrogen-bond donors (Lipinski definition) is 0. The summed E-state index contributed by atoms with van der Waals surface area (Å²) >= 11 is 0. The van der Waals surface area contributed by atoms with Crippen molar-refractivity contribution < 1.29 is 12.9 Å². The van der Waals surface area contributed by atoms with Crippen LogP contribution in [-0.4, -0.2) is 45.9 Å². The van der Waals surface area contributed by atoms with Gasteiger partial charge in [-0.2, -0.15) is 4.98 Å². The zero-order valence-electron chi connectivity index (χ0n) is 16.2. The molecule has 3 heterocycles. The van der Waals surface area contributed by atoms with Crippen molar-refractivity contribution >= 4 is 10.0 Å². The molecule has 29 heavy (non-hydrogen) atoms. The second-order valence-corrected chi connectivity index (χ2v) is 9.39. The largest absolute Gasteiger partial charge is 0.339 e. The van der Waals surface area contributed by atoms with Crippen LogP contribution in [0, 0.1) is 12.8 Å². The van der Waals surface area contributed by atoms with E-state index < -0.39 is 10.0 Å². The van der Waals surface area contributed by atoms with Gasteiger partial charge >= 0.3 is 0 Å². The molecule has 3 aromatic rings. The van der Waals surface area contributed by atoms with Gasteiger partial charge in [-0.1, -0.05) is 35.0 Å². The third-order valence-electron chi connectivity index (χ3n) is 5.03. The number of benzene rings is 1. The highest BCUT2D eigenvalue weighted by molar-refractivity contribution is 7.88. The third-order valence-corrected chi connectivity index (χ3v) is 6.85. The molecule has 0 saturated carbocycles. The zero-order valence-corrected chi connectivity index (χ0v) is 17.0. The van der Waals surface area contributed by atoms with Gasteiger partial charge in [0.15, 0.2) is 0 Å². The summed E-state index contributed by atoms with van der Waals surface area (Å²) in [6, 6.07) is 7.64. The lowest BCUT2D eigenvalue weighted by Gasteiger charge is -2.31. The van der Waals surface area contributed by atoms with E-state index in [-0.39, 0.29) is 11.7 Å². The molecule has 2 aromatic heterocycles. The summed E-state index contributed by atoms with van der Waals surface area (Å²) in [5.74, 6) is 1.06. The fourth-order valence-electron chi connectivity index (χ4n) is 3.65. The van der Waals surface area contributed by atoms with Crippen molar-refractivity contribution in [3.8, 4) is 11.5 Å². The lowest BCUT2D eigenvalue weighted by Crippen LogP contribution is -2.41. The highest BCUT2D eigenvalue weighted by Crippen LogP contribution is 2.25. The average Bonchev–Trinajstić information content (AvgIpc) is 3.17. The minimum absolute atomic E-state index is 0.0266. The molecule has 1 aromatic carbocycles. The van der Waals surface area contributed by atoms with Crippen LogP contribution < -0.4 is 0 Å². The normalized spacial score (nSPS) is 18.0. The Morgan fingerprint density at radius 1 is 1.28 bits per heavy atom. The van der Waals surface area contributed by atoms with E-state index >= 15 is 0 Å². The Hall–Kier alpha value is -2.65. The number of rotatable bonds is 6. The second kappa shape index (κ2) is 8.38. The van der Waals surface area contributed by atoms with Gasteiger partial charge in [0.25, 0.3) is 0 Å². The Kier molecular flexibility index (Phi) is 5.68. The molecule has 8 nitrogen and oxygen atoms in total. The Morgan fingerprint density at radius 3 is 2.97 bits per heavy atom. The van der Waals surface area contributed by atoms with Crippen LogP contribution in [0.2, 0.25) is 0 Å². The molecule has 1 fully saturated rings. The van der Waals surface area contributed by atoms with Crippen LogP contribution in [0.4, 0.5) is 0 Å². The van der Waals surface area contributed by atoms with E-state index in [0.29, 0.717) is 36.9 Å². The van der Waals surface area contributed by atoms with Crippen LogP contribution in [0.3, 0.4) is 0 Å². The van der Waals surface area contributed by atoms with Crippen molar-refractivity contribution in [3.63, 3.8) is 0 Å². The molecule has 0 aliphatic carbocycles. The molecule has 152 valence electrons. The predicted molar refractivity (Wildman–Crippen MR) is 107 cm³/mol. The van der Waals surface area contributed by atoms with Crippen LogP contribution in [0.15, 0.2) is 47.4 Å². The highest BCUT2D eigenvalue weighted by Gasteiger charge is 2.30. The Labute approximate surface area is 170 Å². The highest BCUT2D eigenvalue weighted by atomic mass is 32.2. The molecule has 9 heteroatoms. The van der Waals surface area contributed by atoms with Crippen LogP contribution in [0.25, 0.3) is 11.5 Å². The second-order valence-electron chi connectivity index (χ2n) is 7.42. The first-order valence-corrected chi connectivity index (χ1v) is 11.2. The fourth-order valence-corrected chi connectivity index (χ4v) is 5.28. The van der Waals surface area contributed by atoms with Gasteiger partial charge in [-0.05, 0) is 31.2 Å². The molecule has 0 bridgehead atoms. The van der Waals surface area contributed by atoms with Gasteiger partial charge in [0.2, 0.25) is 21.7 Å². The molecular weight excluding hydrogens is 390 g/mol. The van der Waals surface area contributed by atoms with Crippen LogP contribution in [0.1, 0.15) is 29.9 Å². The Balaban J connectivity index is 1.41. The summed E-state index contributed by atoms with van der Waals surface area (Å²) in [4.78, 5) is 12.6. The smallest absolute Gasteiger partial charge is 0.227 e. The lowest BCUT2D eigenvalue weighted by molar-refractivity contribution is 0.247. The number of aryl methyl sites for hydroxylation is 1. The van der Waals surface area contributed by atoms with Gasteiger partial charge in [0.1, 0.15) is 5.69 Å². The standard InChI is InChI=1S/C20H23N5O3S/c1-15-4-2-5-17(10-15)14-29(26,27)25-9-3-6-16(13-25)11-19-23-20(24-28-19)18-12-21-7-8-22-18/h2,4-5,7-8,10,12,16H,3,6,9,11,13-14H2,1H3. The molecule has 0 amide bonds. The molecule has 1 atom stereocenters. The molecular formula is C20H23N5O3S. The predicted octanol–water partition coefficient (Wildman–Crippen LogP) is 2.62. The minimum atomic E-state index is -3.37. The van der Waals surface area contributed by atoms with Crippen LogP contribution in [0.5, 0.6) is 0 Å². The van der Waals surface area contributed by atoms with Gasteiger partial charge in [0.05, 0.1) is 11.9 Å². The average molecular weight is 414 g/mol. The molecule has 0 radical (unpaired) electrons. The van der Waals surface area contributed by atoms with E-state index in [1.807, 2.05) is 31.2 Å². The SMILES string of the molecule is Cc1cccc(CS(=O)(=O)N2CCCC(Cc3nc(-c4cnccn4)no3)C2)c1. The van der Waals surface area contributed by atoms with Crippen molar-refractivity contribution in [2.45, 2.75) is 31.9 Å².